The second kappa shape index (κ2) is 4.21. The van der Waals surface area contributed by atoms with Crippen molar-refractivity contribution in [1.82, 2.24) is 0 Å². The molecule has 0 saturated heterocycles. The molecule has 0 saturated carbocycles. The third-order valence-electron chi connectivity index (χ3n) is 0.956. The molecule has 11 heavy (non-hydrogen) atoms. The fraction of sp³-hybridized carbons (Fsp3) is 0.857. The minimum absolute atomic E-state index is 0.284. The van der Waals surface area contributed by atoms with Crippen molar-refractivity contribution in [2.24, 2.45) is 4.40 Å². The van der Waals surface area contributed by atoms with Crippen molar-refractivity contribution >= 4 is 28.3 Å². The zero-order valence-electron chi connectivity index (χ0n) is 7.35. The second-order valence-corrected chi connectivity index (χ2v) is 5.49. The van der Waals surface area contributed by atoms with E-state index in [9.17, 15) is 4.21 Å². The van der Waals surface area contributed by atoms with Gasteiger partial charge in [0.05, 0.1) is 10.6 Å². The molecule has 0 heterocycles. The Labute approximate surface area is 75.6 Å². The molecule has 0 rings (SSSR count). The van der Waals surface area contributed by atoms with Gasteiger partial charge in [0.25, 0.3) is 0 Å². The van der Waals surface area contributed by atoms with E-state index in [2.05, 4.69) is 4.40 Å². The maximum atomic E-state index is 11.3. The summed E-state index contributed by atoms with van der Waals surface area (Å²) in [5.41, 5.74) is 0.722. The molecule has 0 aliphatic heterocycles. The smallest absolute Gasteiger partial charge is 0.144 e. The summed E-state index contributed by atoms with van der Waals surface area (Å²) < 4.78 is 14.9. The van der Waals surface area contributed by atoms with Crippen molar-refractivity contribution in [3.05, 3.63) is 0 Å². The number of hydrogen-bond acceptors (Lipinski definition) is 1. The predicted octanol–water partition coefficient (Wildman–Crippen LogP) is 2.15. The van der Waals surface area contributed by atoms with Gasteiger partial charge in [-0.3, -0.25) is 0 Å². The van der Waals surface area contributed by atoms with Crippen LogP contribution in [-0.4, -0.2) is 20.5 Å². The van der Waals surface area contributed by atoms with Crippen LogP contribution < -0.4 is 0 Å². The van der Waals surface area contributed by atoms with Gasteiger partial charge in [-0.25, -0.2) is 4.21 Å². The lowest BCUT2D eigenvalue weighted by Crippen LogP contribution is -2.20. The van der Waals surface area contributed by atoms with Crippen molar-refractivity contribution in [2.45, 2.75) is 32.4 Å². The number of halogens is 1. The largest absolute Gasteiger partial charge is 0.234 e. The van der Waals surface area contributed by atoms with Crippen LogP contribution in [0.3, 0.4) is 0 Å². The Morgan fingerprint density at radius 2 is 2.00 bits per heavy atom. The van der Waals surface area contributed by atoms with Crippen LogP contribution in [0.4, 0.5) is 0 Å². The summed E-state index contributed by atoms with van der Waals surface area (Å²) in [7, 11) is -1.16. The van der Waals surface area contributed by atoms with E-state index in [1.54, 1.807) is 6.92 Å². The average Bonchev–Trinajstić information content (AvgIpc) is 1.85. The highest BCUT2D eigenvalue weighted by Gasteiger charge is 2.18. The quantitative estimate of drug-likeness (QED) is 0.491. The maximum absolute atomic E-state index is 11.3. The lowest BCUT2D eigenvalue weighted by atomic mass is 10.3. The molecule has 0 aliphatic carbocycles. The Bertz CT molecular complexity index is 183. The summed E-state index contributed by atoms with van der Waals surface area (Å²) in [6.07, 6.45) is 0. The second-order valence-electron chi connectivity index (χ2n) is 3.32. The number of hydrogen-bond donors (Lipinski definition) is 0. The van der Waals surface area contributed by atoms with Gasteiger partial charge in [-0.2, -0.15) is 4.40 Å². The fourth-order valence-electron chi connectivity index (χ4n) is 0.303. The molecule has 0 radical (unpaired) electrons. The molecule has 4 heteroatoms. The van der Waals surface area contributed by atoms with Crippen molar-refractivity contribution in [1.29, 1.82) is 0 Å². The summed E-state index contributed by atoms with van der Waals surface area (Å²) >= 11 is 5.48. The molecule has 1 unspecified atom stereocenters. The summed E-state index contributed by atoms with van der Waals surface area (Å²) in [5.74, 6) is 0.349. The van der Waals surface area contributed by atoms with E-state index in [-0.39, 0.29) is 4.75 Å². The minimum atomic E-state index is -1.16. The highest BCUT2D eigenvalue weighted by Crippen LogP contribution is 2.12. The molecule has 0 amide bonds. The number of nitrogens with zero attached hydrogens (tertiary/aromatic N) is 1. The highest BCUT2D eigenvalue weighted by atomic mass is 35.5. The van der Waals surface area contributed by atoms with Crippen LogP contribution in [0.15, 0.2) is 4.40 Å². The van der Waals surface area contributed by atoms with Crippen LogP contribution >= 0.6 is 11.6 Å². The standard InChI is InChI=1S/C7H14ClNOS/c1-6(5-8)9-11(10)7(2,3)4/h5H2,1-4H3/b9-6+. The zero-order chi connectivity index (χ0) is 9.07. The maximum Gasteiger partial charge on any atom is 0.144 e. The van der Waals surface area contributed by atoms with Gasteiger partial charge in [0, 0.05) is 5.71 Å². The first-order valence-electron chi connectivity index (χ1n) is 3.40. The van der Waals surface area contributed by atoms with Gasteiger partial charge >= 0.3 is 0 Å². The van der Waals surface area contributed by atoms with Crippen molar-refractivity contribution < 1.29 is 4.21 Å². The molecule has 66 valence electrons. The Morgan fingerprint density at radius 3 is 2.27 bits per heavy atom. The average molecular weight is 196 g/mol. The molecule has 0 N–H and O–H groups in total. The van der Waals surface area contributed by atoms with E-state index in [4.69, 9.17) is 11.6 Å². The first kappa shape index (κ1) is 11.1. The van der Waals surface area contributed by atoms with Crippen molar-refractivity contribution in [3.63, 3.8) is 0 Å². The third-order valence-corrected chi connectivity index (χ3v) is 2.87. The Morgan fingerprint density at radius 1 is 1.55 bits per heavy atom. The van der Waals surface area contributed by atoms with Crippen LogP contribution in [0.25, 0.3) is 0 Å². The first-order chi connectivity index (χ1) is 4.88. The van der Waals surface area contributed by atoms with E-state index < -0.39 is 11.0 Å². The molecule has 2 nitrogen and oxygen atoms in total. The molecule has 1 atom stereocenters. The van der Waals surface area contributed by atoms with Gasteiger partial charge in [0.15, 0.2) is 0 Å². The highest BCUT2D eigenvalue weighted by molar-refractivity contribution is 7.85. The molecular weight excluding hydrogens is 182 g/mol. The Hall–Kier alpha value is 0.110. The van der Waals surface area contributed by atoms with E-state index in [0.29, 0.717) is 5.88 Å². The molecule has 0 bridgehead atoms. The molecule has 0 aromatic carbocycles. The van der Waals surface area contributed by atoms with E-state index in [1.807, 2.05) is 20.8 Å². The van der Waals surface area contributed by atoms with Crippen molar-refractivity contribution in [2.75, 3.05) is 5.88 Å². The van der Waals surface area contributed by atoms with E-state index in [0.717, 1.165) is 5.71 Å². The van der Waals surface area contributed by atoms with E-state index >= 15 is 0 Å². The first-order valence-corrected chi connectivity index (χ1v) is 5.04. The van der Waals surface area contributed by atoms with Gasteiger partial charge in [-0.1, -0.05) is 0 Å². The number of rotatable bonds is 2. The van der Waals surface area contributed by atoms with Gasteiger partial charge in [-0.15, -0.1) is 11.6 Å². The van der Waals surface area contributed by atoms with Crippen LogP contribution in [0.5, 0.6) is 0 Å². The molecule has 0 aliphatic rings. The fourth-order valence-corrected chi connectivity index (χ4v) is 1.05. The Kier molecular flexibility index (Phi) is 4.26. The Balaban J connectivity index is 4.30. The van der Waals surface area contributed by atoms with Crippen LogP contribution in [0.1, 0.15) is 27.7 Å². The third kappa shape index (κ3) is 4.53. The SMILES string of the molecule is C/C(CCl)=N\S(=O)C(C)(C)C. The van der Waals surface area contributed by atoms with Crippen LogP contribution in [0.2, 0.25) is 0 Å². The van der Waals surface area contributed by atoms with Crippen LogP contribution in [-0.2, 0) is 11.0 Å². The van der Waals surface area contributed by atoms with Gasteiger partial charge in [0.2, 0.25) is 0 Å². The van der Waals surface area contributed by atoms with Gasteiger partial charge < -0.3 is 0 Å². The molecule has 0 aromatic heterocycles. The summed E-state index contributed by atoms with van der Waals surface area (Å²) in [6.45, 7) is 7.42. The zero-order valence-corrected chi connectivity index (χ0v) is 8.92. The van der Waals surface area contributed by atoms with Crippen LogP contribution in [0, 0.1) is 0 Å². The molecule has 0 fully saturated rings. The molecule has 0 aromatic rings. The number of alkyl halides is 1. The predicted molar refractivity (Wildman–Crippen MR) is 51.7 cm³/mol. The minimum Gasteiger partial charge on any atom is -0.234 e. The normalized spacial score (nSPS) is 16.6. The summed E-state index contributed by atoms with van der Waals surface area (Å²) in [6, 6.07) is 0. The van der Waals surface area contributed by atoms with Crippen molar-refractivity contribution in [3.8, 4) is 0 Å². The monoisotopic (exact) mass is 195 g/mol. The molecular formula is C7H14ClNOS. The lowest BCUT2D eigenvalue weighted by Gasteiger charge is -2.13. The topological polar surface area (TPSA) is 29.4 Å². The lowest BCUT2D eigenvalue weighted by molar-refractivity contribution is 0.650. The summed E-state index contributed by atoms with van der Waals surface area (Å²) in [5, 5.41) is 0. The van der Waals surface area contributed by atoms with Gasteiger partial charge in [-0.05, 0) is 27.7 Å². The molecule has 0 spiro atoms. The van der Waals surface area contributed by atoms with E-state index in [1.165, 1.54) is 0 Å². The summed E-state index contributed by atoms with van der Waals surface area (Å²) in [4.78, 5) is 0. The van der Waals surface area contributed by atoms with Gasteiger partial charge in [0.1, 0.15) is 11.0 Å².